The zero-order chi connectivity index (χ0) is 15.7. The molecule has 120 valence electrons. The van der Waals surface area contributed by atoms with Crippen LogP contribution in [-0.4, -0.2) is 29.4 Å². The number of piperidine rings is 1. The average Bonchev–Trinajstić information content (AvgIpc) is 2.48. The molecule has 2 aliphatic rings. The normalized spacial score (nSPS) is 25.0. The maximum absolute atomic E-state index is 13.0. The van der Waals surface area contributed by atoms with Gasteiger partial charge in [-0.15, -0.1) is 0 Å². The lowest BCUT2D eigenvalue weighted by atomic mass is 9.77. The van der Waals surface area contributed by atoms with E-state index in [1.54, 1.807) is 0 Å². The molecule has 2 atom stereocenters. The van der Waals surface area contributed by atoms with Gasteiger partial charge in [-0.1, -0.05) is 24.1 Å². The minimum absolute atomic E-state index is 0.240. The zero-order valence-electron chi connectivity index (χ0n) is 14.1. The molecule has 0 unspecified atom stereocenters. The molecule has 1 saturated carbocycles. The van der Waals surface area contributed by atoms with Crippen LogP contribution in [0.5, 0.6) is 0 Å². The molecular weight excluding hydrogens is 272 g/mol. The summed E-state index contributed by atoms with van der Waals surface area (Å²) in [5, 5.41) is 3.42. The van der Waals surface area contributed by atoms with Gasteiger partial charge in [0.15, 0.2) is 0 Å². The number of likely N-dealkylation sites (tertiary alicyclic amines) is 1. The molecular formula is C19H28N2O. The zero-order valence-corrected chi connectivity index (χ0v) is 14.1. The van der Waals surface area contributed by atoms with Crippen molar-refractivity contribution >= 4 is 11.6 Å². The van der Waals surface area contributed by atoms with Crippen LogP contribution in [0.1, 0.15) is 45.1 Å². The number of benzene rings is 1. The molecule has 1 heterocycles. The van der Waals surface area contributed by atoms with Gasteiger partial charge in [0.2, 0.25) is 5.91 Å². The third-order valence-corrected chi connectivity index (χ3v) is 5.18. The smallest absolute Gasteiger partial charge is 0.247 e. The number of anilines is 1. The largest absolute Gasteiger partial charge is 0.372 e. The fraction of sp³-hybridized carbons (Fsp3) is 0.632. The molecule has 1 amide bonds. The van der Waals surface area contributed by atoms with Gasteiger partial charge in [-0.25, -0.2) is 0 Å². The highest BCUT2D eigenvalue weighted by Gasteiger charge is 2.38. The Morgan fingerprint density at radius 3 is 2.32 bits per heavy atom. The Hall–Kier alpha value is -1.51. The number of fused-ring (bicyclic) bond motifs is 2. The molecule has 0 aromatic heterocycles. The summed E-state index contributed by atoms with van der Waals surface area (Å²) in [7, 11) is 0. The lowest BCUT2D eigenvalue weighted by molar-refractivity contribution is -0.138. The molecule has 3 heteroatoms. The van der Waals surface area contributed by atoms with Crippen molar-refractivity contribution in [3.8, 4) is 0 Å². The van der Waals surface area contributed by atoms with E-state index < -0.39 is 5.54 Å². The molecule has 1 aromatic carbocycles. The Balaban J connectivity index is 1.68. The molecule has 1 saturated heterocycles. The van der Waals surface area contributed by atoms with E-state index in [2.05, 4.69) is 41.4 Å². The van der Waals surface area contributed by atoms with Crippen LogP contribution in [0.25, 0.3) is 0 Å². The first kappa shape index (κ1) is 15.4. The summed E-state index contributed by atoms with van der Waals surface area (Å²) in [4.78, 5) is 15.1. The number of carbonyl (C=O) groups is 1. The van der Waals surface area contributed by atoms with Crippen LogP contribution in [0.4, 0.5) is 5.69 Å². The first-order chi connectivity index (χ1) is 10.4. The molecule has 1 aromatic rings. The lowest BCUT2D eigenvalue weighted by Gasteiger charge is -2.44. The highest BCUT2D eigenvalue weighted by molar-refractivity contribution is 5.88. The van der Waals surface area contributed by atoms with Crippen molar-refractivity contribution in [2.24, 2.45) is 11.8 Å². The topological polar surface area (TPSA) is 32.3 Å². The van der Waals surface area contributed by atoms with E-state index in [1.165, 1.54) is 31.2 Å². The Morgan fingerprint density at radius 1 is 1.14 bits per heavy atom. The van der Waals surface area contributed by atoms with Crippen molar-refractivity contribution in [2.45, 2.75) is 52.0 Å². The number of aryl methyl sites for hydroxylation is 1. The van der Waals surface area contributed by atoms with Gasteiger partial charge >= 0.3 is 0 Å². The molecule has 2 bridgehead atoms. The quantitative estimate of drug-likeness (QED) is 0.920. The van der Waals surface area contributed by atoms with Crippen LogP contribution in [0.2, 0.25) is 0 Å². The Bertz CT molecular complexity index is 523. The maximum atomic E-state index is 13.0. The summed E-state index contributed by atoms with van der Waals surface area (Å²) in [6.45, 7) is 7.98. The van der Waals surface area contributed by atoms with Crippen LogP contribution in [0.15, 0.2) is 24.3 Å². The summed E-state index contributed by atoms with van der Waals surface area (Å²) in [5.41, 5.74) is 1.70. The monoisotopic (exact) mass is 300 g/mol. The van der Waals surface area contributed by atoms with Gasteiger partial charge in [0.25, 0.3) is 0 Å². The van der Waals surface area contributed by atoms with Gasteiger partial charge in [0.1, 0.15) is 5.54 Å². The number of carbonyl (C=O) groups excluding carboxylic acids is 1. The van der Waals surface area contributed by atoms with Gasteiger partial charge < -0.3 is 10.2 Å². The molecule has 3 rings (SSSR count). The van der Waals surface area contributed by atoms with E-state index in [0.717, 1.165) is 30.6 Å². The predicted molar refractivity (Wildman–Crippen MR) is 90.9 cm³/mol. The van der Waals surface area contributed by atoms with Gasteiger partial charge in [0, 0.05) is 18.8 Å². The molecule has 3 nitrogen and oxygen atoms in total. The number of hydrogen-bond acceptors (Lipinski definition) is 2. The molecule has 2 fully saturated rings. The molecule has 22 heavy (non-hydrogen) atoms. The second-order valence-electron chi connectivity index (χ2n) is 7.72. The summed E-state index contributed by atoms with van der Waals surface area (Å²) < 4.78 is 0. The fourth-order valence-corrected chi connectivity index (χ4v) is 4.04. The minimum atomic E-state index is -0.555. The van der Waals surface area contributed by atoms with Crippen molar-refractivity contribution < 1.29 is 4.79 Å². The molecule has 1 N–H and O–H groups in total. The van der Waals surface area contributed by atoms with E-state index in [-0.39, 0.29) is 5.91 Å². The van der Waals surface area contributed by atoms with E-state index >= 15 is 0 Å². The minimum Gasteiger partial charge on any atom is -0.372 e. The summed E-state index contributed by atoms with van der Waals surface area (Å²) in [6.07, 6.45) is 5.27. The van der Waals surface area contributed by atoms with Crippen LogP contribution >= 0.6 is 0 Å². The highest BCUT2D eigenvalue weighted by Crippen LogP contribution is 2.35. The van der Waals surface area contributed by atoms with Gasteiger partial charge in [0.05, 0.1) is 0 Å². The summed E-state index contributed by atoms with van der Waals surface area (Å²) in [6, 6.07) is 8.26. The Kier molecular flexibility index (Phi) is 4.16. The SMILES string of the molecule is Cc1ccc(NC(C)(C)C(=O)N2C[C@@H]3CCC[C@@H](C3)C2)cc1. The predicted octanol–water partition coefficient (Wildman–Crippen LogP) is 3.83. The molecule has 1 aliphatic heterocycles. The van der Waals surface area contributed by atoms with Crippen molar-refractivity contribution in [3.63, 3.8) is 0 Å². The third kappa shape index (κ3) is 3.29. The maximum Gasteiger partial charge on any atom is 0.247 e. The number of rotatable bonds is 3. The molecule has 1 aliphatic carbocycles. The van der Waals surface area contributed by atoms with E-state index in [0.29, 0.717) is 0 Å². The second kappa shape index (κ2) is 5.94. The van der Waals surface area contributed by atoms with Crippen LogP contribution in [0.3, 0.4) is 0 Å². The molecule has 0 radical (unpaired) electrons. The fourth-order valence-electron chi connectivity index (χ4n) is 4.04. The molecule has 0 spiro atoms. The van der Waals surface area contributed by atoms with Gasteiger partial charge in [-0.05, 0) is 64.0 Å². The first-order valence-corrected chi connectivity index (χ1v) is 8.58. The van der Waals surface area contributed by atoms with Crippen molar-refractivity contribution in [1.29, 1.82) is 0 Å². The number of nitrogens with zero attached hydrogens (tertiary/aromatic N) is 1. The van der Waals surface area contributed by atoms with Crippen molar-refractivity contribution in [3.05, 3.63) is 29.8 Å². The highest BCUT2D eigenvalue weighted by atomic mass is 16.2. The Labute approximate surface area is 134 Å². The number of hydrogen-bond donors (Lipinski definition) is 1. The summed E-state index contributed by atoms with van der Waals surface area (Å²) >= 11 is 0. The van der Waals surface area contributed by atoms with Gasteiger partial charge in [-0.3, -0.25) is 4.79 Å². The van der Waals surface area contributed by atoms with E-state index in [1.807, 2.05) is 13.8 Å². The third-order valence-electron chi connectivity index (χ3n) is 5.18. The van der Waals surface area contributed by atoms with Crippen molar-refractivity contribution in [2.75, 3.05) is 18.4 Å². The first-order valence-electron chi connectivity index (χ1n) is 8.58. The Morgan fingerprint density at radius 2 is 1.73 bits per heavy atom. The average molecular weight is 300 g/mol. The number of amides is 1. The van der Waals surface area contributed by atoms with Crippen LogP contribution in [0, 0.1) is 18.8 Å². The summed E-state index contributed by atoms with van der Waals surface area (Å²) in [5.74, 6) is 1.70. The lowest BCUT2D eigenvalue weighted by Crippen LogP contribution is -2.55. The standard InChI is InChI=1S/C19H28N2O/c1-14-7-9-17(10-8-14)20-19(2,3)18(22)21-12-15-5-4-6-16(11-15)13-21/h7-10,15-16,20H,4-6,11-13H2,1-3H3/t15-,16+. The van der Waals surface area contributed by atoms with Crippen molar-refractivity contribution in [1.82, 2.24) is 4.90 Å². The van der Waals surface area contributed by atoms with Gasteiger partial charge in [-0.2, -0.15) is 0 Å². The van der Waals surface area contributed by atoms with E-state index in [4.69, 9.17) is 0 Å². The van der Waals surface area contributed by atoms with E-state index in [9.17, 15) is 4.79 Å². The second-order valence-corrected chi connectivity index (χ2v) is 7.72. The van der Waals surface area contributed by atoms with Crippen LogP contribution in [-0.2, 0) is 4.79 Å². The number of nitrogens with one attached hydrogen (secondary N) is 1. The van der Waals surface area contributed by atoms with Crippen LogP contribution < -0.4 is 5.32 Å².